The van der Waals surface area contributed by atoms with E-state index < -0.39 is 0 Å². The second-order valence-electron chi connectivity index (χ2n) is 5.30. The van der Waals surface area contributed by atoms with Crippen LogP contribution in [0.5, 0.6) is 0 Å². The largest absolute Gasteiger partial charge is 0.397 e. The van der Waals surface area contributed by atoms with Gasteiger partial charge in [0.25, 0.3) is 0 Å². The quantitative estimate of drug-likeness (QED) is 0.789. The average Bonchev–Trinajstić information content (AvgIpc) is 3.16. The number of rotatable bonds is 5. The van der Waals surface area contributed by atoms with Gasteiger partial charge >= 0.3 is 0 Å². The van der Waals surface area contributed by atoms with E-state index in [9.17, 15) is 4.79 Å². The maximum absolute atomic E-state index is 12.0. The smallest absolute Gasteiger partial charge is 0.178 e. The number of carbonyl (C=O) groups excluding carboxylic acids is 1. The highest BCUT2D eigenvalue weighted by Crippen LogP contribution is 2.40. The molecule has 0 aromatic carbocycles. The highest BCUT2D eigenvalue weighted by Gasteiger charge is 2.33. The lowest BCUT2D eigenvalue weighted by molar-refractivity contribution is 0.0972. The van der Waals surface area contributed by atoms with Gasteiger partial charge in [-0.1, -0.05) is 0 Å². The number of Topliss-reactive ketones (excluding diaryl/α,β-unsaturated/α-hetero) is 1. The van der Waals surface area contributed by atoms with Crippen LogP contribution in [-0.4, -0.2) is 11.8 Å². The van der Waals surface area contributed by atoms with Gasteiger partial charge in [0, 0.05) is 12.0 Å². The molecule has 0 aliphatic heterocycles. The molecule has 1 unspecified atom stereocenters. The number of anilines is 2. The summed E-state index contributed by atoms with van der Waals surface area (Å²) in [5.74, 6) is 1.31. The number of nitrogens with two attached hydrogens (primary N) is 1. The minimum atomic E-state index is 0.250. The van der Waals surface area contributed by atoms with Crippen LogP contribution in [0, 0.1) is 11.8 Å². The van der Waals surface area contributed by atoms with Gasteiger partial charge in [0.2, 0.25) is 0 Å². The van der Waals surface area contributed by atoms with Crippen LogP contribution in [0.4, 0.5) is 10.7 Å². The molecule has 2 fully saturated rings. The van der Waals surface area contributed by atoms with Crippen LogP contribution in [0.1, 0.15) is 42.3 Å². The van der Waals surface area contributed by atoms with Crippen molar-refractivity contribution in [3.8, 4) is 0 Å². The molecular weight excluding hydrogens is 232 g/mol. The Labute approximate surface area is 105 Å². The van der Waals surface area contributed by atoms with Gasteiger partial charge in [-0.3, -0.25) is 4.79 Å². The standard InChI is InChI=1S/C13H18N2OS/c1-7(8-2-3-8)15-11-6-10(14)13(17-11)12(16)9-4-5-9/h6-9,15H,2-5,14H2,1H3. The molecular formula is C13H18N2OS. The molecule has 1 aromatic heterocycles. The lowest BCUT2D eigenvalue weighted by Gasteiger charge is -2.11. The number of nitrogen functional groups attached to an aromatic ring is 1. The Morgan fingerprint density at radius 3 is 2.76 bits per heavy atom. The van der Waals surface area contributed by atoms with Gasteiger partial charge in [-0.2, -0.15) is 0 Å². The molecule has 1 atom stereocenters. The molecule has 17 heavy (non-hydrogen) atoms. The van der Waals surface area contributed by atoms with E-state index in [2.05, 4.69) is 12.2 Å². The zero-order valence-corrected chi connectivity index (χ0v) is 10.8. The first-order valence-corrected chi connectivity index (χ1v) is 7.17. The Morgan fingerprint density at radius 1 is 1.47 bits per heavy atom. The molecule has 1 aromatic rings. The van der Waals surface area contributed by atoms with E-state index in [4.69, 9.17) is 5.73 Å². The number of hydrogen-bond acceptors (Lipinski definition) is 4. The monoisotopic (exact) mass is 250 g/mol. The molecule has 1 heterocycles. The van der Waals surface area contributed by atoms with E-state index in [1.54, 1.807) is 0 Å². The molecule has 0 spiro atoms. The van der Waals surface area contributed by atoms with Crippen molar-refractivity contribution in [1.82, 2.24) is 0 Å². The van der Waals surface area contributed by atoms with Crippen LogP contribution in [0.15, 0.2) is 6.07 Å². The zero-order chi connectivity index (χ0) is 12.0. The van der Waals surface area contributed by atoms with Crippen LogP contribution < -0.4 is 11.1 Å². The summed E-state index contributed by atoms with van der Waals surface area (Å²) >= 11 is 1.52. The van der Waals surface area contributed by atoms with Gasteiger partial charge in [0.15, 0.2) is 5.78 Å². The second-order valence-corrected chi connectivity index (χ2v) is 6.36. The summed E-state index contributed by atoms with van der Waals surface area (Å²) in [6, 6.07) is 2.41. The normalized spacial score (nSPS) is 21.2. The summed E-state index contributed by atoms with van der Waals surface area (Å²) in [6.07, 6.45) is 4.72. The van der Waals surface area contributed by atoms with Crippen LogP contribution >= 0.6 is 11.3 Å². The average molecular weight is 250 g/mol. The molecule has 2 aliphatic rings. The number of carbonyl (C=O) groups is 1. The molecule has 0 bridgehead atoms. The molecule has 3 nitrogen and oxygen atoms in total. The lowest BCUT2D eigenvalue weighted by atomic mass is 10.2. The van der Waals surface area contributed by atoms with E-state index in [1.165, 1.54) is 24.2 Å². The summed E-state index contributed by atoms with van der Waals surface area (Å²) in [7, 11) is 0. The Balaban J connectivity index is 1.72. The summed E-state index contributed by atoms with van der Waals surface area (Å²) in [6.45, 7) is 2.20. The van der Waals surface area contributed by atoms with Crippen molar-refractivity contribution in [1.29, 1.82) is 0 Å². The van der Waals surface area contributed by atoms with Gasteiger partial charge in [-0.25, -0.2) is 0 Å². The van der Waals surface area contributed by atoms with E-state index >= 15 is 0 Å². The van der Waals surface area contributed by atoms with Crippen molar-refractivity contribution >= 4 is 27.8 Å². The van der Waals surface area contributed by atoms with Crippen molar-refractivity contribution in [3.05, 3.63) is 10.9 Å². The van der Waals surface area contributed by atoms with Gasteiger partial charge in [-0.05, 0) is 44.6 Å². The fourth-order valence-electron chi connectivity index (χ4n) is 2.14. The van der Waals surface area contributed by atoms with Crippen molar-refractivity contribution in [2.24, 2.45) is 11.8 Å². The minimum absolute atomic E-state index is 0.250. The van der Waals surface area contributed by atoms with Crippen molar-refractivity contribution in [2.45, 2.75) is 38.6 Å². The molecule has 2 aliphatic carbocycles. The van der Waals surface area contributed by atoms with E-state index in [1.807, 2.05) is 6.07 Å². The highest BCUT2D eigenvalue weighted by atomic mass is 32.1. The predicted octanol–water partition coefficient (Wildman–Crippen LogP) is 3.13. The number of hydrogen-bond donors (Lipinski definition) is 2. The van der Waals surface area contributed by atoms with Gasteiger partial charge in [-0.15, -0.1) is 11.3 Å². The van der Waals surface area contributed by atoms with Gasteiger partial charge < -0.3 is 11.1 Å². The third kappa shape index (κ3) is 2.32. The zero-order valence-electron chi connectivity index (χ0n) is 10.0. The van der Waals surface area contributed by atoms with Gasteiger partial charge in [0.1, 0.15) is 0 Å². The van der Waals surface area contributed by atoms with E-state index in [0.717, 1.165) is 28.6 Å². The molecule has 0 radical (unpaired) electrons. The third-order valence-electron chi connectivity index (χ3n) is 3.63. The fraction of sp³-hybridized carbons (Fsp3) is 0.615. The first kappa shape index (κ1) is 11.1. The second kappa shape index (κ2) is 4.02. The van der Waals surface area contributed by atoms with Crippen molar-refractivity contribution in [2.75, 3.05) is 11.1 Å². The minimum Gasteiger partial charge on any atom is -0.397 e. The highest BCUT2D eigenvalue weighted by molar-refractivity contribution is 7.18. The van der Waals surface area contributed by atoms with Crippen molar-refractivity contribution < 1.29 is 4.79 Å². The third-order valence-corrected chi connectivity index (χ3v) is 4.73. The summed E-state index contributed by atoms with van der Waals surface area (Å²) in [4.78, 5) is 12.7. The maximum atomic E-state index is 12.0. The Bertz CT molecular complexity index is 446. The molecule has 0 amide bonds. The maximum Gasteiger partial charge on any atom is 0.178 e. The number of ketones is 1. The SMILES string of the molecule is CC(Nc1cc(N)c(C(=O)C2CC2)s1)C1CC1. The number of thiophene rings is 1. The molecule has 92 valence electrons. The van der Waals surface area contributed by atoms with E-state index in [-0.39, 0.29) is 11.7 Å². The predicted molar refractivity (Wildman–Crippen MR) is 71.6 cm³/mol. The summed E-state index contributed by atoms with van der Waals surface area (Å²) in [5.41, 5.74) is 6.58. The van der Waals surface area contributed by atoms with Crippen LogP contribution in [0.2, 0.25) is 0 Å². The van der Waals surface area contributed by atoms with Crippen molar-refractivity contribution in [3.63, 3.8) is 0 Å². The summed E-state index contributed by atoms with van der Waals surface area (Å²) in [5, 5.41) is 4.51. The summed E-state index contributed by atoms with van der Waals surface area (Å²) < 4.78 is 0. The molecule has 2 saturated carbocycles. The van der Waals surface area contributed by atoms with Crippen LogP contribution in [0.25, 0.3) is 0 Å². The van der Waals surface area contributed by atoms with Crippen LogP contribution in [0.3, 0.4) is 0 Å². The first-order chi connectivity index (χ1) is 8.15. The number of nitrogens with one attached hydrogen (secondary N) is 1. The van der Waals surface area contributed by atoms with Gasteiger partial charge in [0.05, 0.1) is 15.6 Å². The Hall–Kier alpha value is -1.03. The first-order valence-electron chi connectivity index (χ1n) is 6.35. The Morgan fingerprint density at radius 2 is 2.18 bits per heavy atom. The topological polar surface area (TPSA) is 55.1 Å². The Kier molecular flexibility index (Phi) is 2.62. The molecule has 4 heteroatoms. The molecule has 0 saturated heterocycles. The van der Waals surface area contributed by atoms with E-state index in [0.29, 0.717) is 11.7 Å². The van der Waals surface area contributed by atoms with Crippen LogP contribution in [-0.2, 0) is 0 Å². The molecule has 3 N–H and O–H groups in total. The lowest BCUT2D eigenvalue weighted by Crippen LogP contribution is -2.16. The fourth-order valence-corrected chi connectivity index (χ4v) is 3.23. The molecule has 3 rings (SSSR count).